The van der Waals surface area contributed by atoms with E-state index in [0.29, 0.717) is 51.0 Å². The Bertz CT molecular complexity index is 1940. The van der Waals surface area contributed by atoms with Crippen LogP contribution in [0.25, 0.3) is 32.9 Å². The Morgan fingerprint density at radius 2 is 1.87 bits per heavy atom. The summed E-state index contributed by atoms with van der Waals surface area (Å²) in [4.78, 5) is 22.4. The van der Waals surface area contributed by atoms with E-state index in [9.17, 15) is 23.1 Å². The predicted molar refractivity (Wildman–Crippen MR) is 164 cm³/mol. The first-order valence-electron chi connectivity index (χ1n) is 14.5. The number of halogens is 3. The van der Waals surface area contributed by atoms with Gasteiger partial charge in [0.15, 0.2) is 6.10 Å². The van der Waals surface area contributed by atoms with E-state index in [1.54, 1.807) is 18.3 Å². The number of aliphatic carboxylic acids is 1. The molecule has 1 N–H and O–H groups in total. The molecule has 0 fully saturated rings. The molecular weight excluding hydrogens is 585 g/mol. The molecule has 0 radical (unpaired) electrons. The number of benzene rings is 3. The van der Waals surface area contributed by atoms with Gasteiger partial charge < -0.3 is 19.3 Å². The van der Waals surface area contributed by atoms with Gasteiger partial charge in [-0.05, 0) is 92.4 Å². The highest BCUT2D eigenvalue weighted by atomic mass is 19.4. The second kappa shape index (κ2) is 11.3. The Morgan fingerprint density at radius 1 is 1.07 bits per heavy atom. The number of hydrogen-bond donors (Lipinski definition) is 1. The minimum Gasteiger partial charge on any atom is -0.493 e. The minimum atomic E-state index is -4.79. The summed E-state index contributed by atoms with van der Waals surface area (Å²) >= 11 is 0. The van der Waals surface area contributed by atoms with E-state index >= 15 is 0 Å². The molecule has 1 atom stereocenters. The molecule has 0 bridgehead atoms. The van der Waals surface area contributed by atoms with Crippen LogP contribution in [0, 0.1) is 6.92 Å². The Balaban J connectivity index is 1.55. The Labute approximate surface area is 257 Å². The summed E-state index contributed by atoms with van der Waals surface area (Å²) in [5.41, 5.74) is 5.35. The molecular formula is C35H31F3N2O5. The second-order valence-electron chi connectivity index (χ2n) is 12.1. The van der Waals surface area contributed by atoms with Crippen LogP contribution in [0.2, 0.25) is 0 Å². The van der Waals surface area contributed by atoms with Crippen molar-refractivity contribution in [3.8, 4) is 22.6 Å². The third-order valence-corrected chi connectivity index (χ3v) is 7.61. The van der Waals surface area contributed by atoms with Crippen LogP contribution in [0.15, 0.2) is 66.9 Å². The van der Waals surface area contributed by atoms with Gasteiger partial charge in [0.25, 0.3) is 0 Å². The zero-order valence-corrected chi connectivity index (χ0v) is 25.2. The molecule has 3 aromatic carbocycles. The summed E-state index contributed by atoms with van der Waals surface area (Å²) in [6, 6.07) is 17.0. The fraction of sp³-hybridized carbons (Fsp3) is 0.286. The van der Waals surface area contributed by atoms with Crippen molar-refractivity contribution in [2.45, 2.75) is 58.6 Å². The second-order valence-corrected chi connectivity index (χ2v) is 12.1. The summed E-state index contributed by atoms with van der Waals surface area (Å²) in [6.45, 7) is 7.81. The summed E-state index contributed by atoms with van der Waals surface area (Å²) in [5, 5.41) is 12.0. The van der Waals surface area contributed by atoms with Crippen molar-refractivity contribution >= 4 is 27.8 Å². The van der Waals surface area contributed by atoms with E-state index < -0.39 is 24.0 Å². The number of rotatable bonds is 7. The lowest BCUT2D eigenvalue weighted by Crippen LogP contribution is -2.28. The lowest BCUT2D eigenvalue weighted by Gasteiger charge is -2.29. The summed E-state index contributed by atoms with van der Waals surface area (Å²) in [6.07, 6.45) is -3.35. The third kappa shape index (κ3) is 6.28. The first-order valence-corrected chi connectivity index (χ1v) is 14.5. The standard InChI is InChI=1S/C35H31F3N2O5/c1-19-16-26-24(9-8-22(40-26)17-20-6-5-7-23(18-20)44-35(36,37)38)30(28(19)32(33(41)42)45-34(2,3)4)25-10-11-27-29-21(13-15-43-27)12-14-39-31(25)29/h5-12,14,16,18,32H,13,15,17H2,1-4H3,(H,41,42)/t32-/m0/s1. The Morgan fingerprint density at radius 3 is 2.60 bits per heavy atom. The highest BCUT2D eigenvalue weighted by Gasteiger charge is 2.33. The van der Waals surface area contributed by atoms with Gasteiger partial charge in [-0.15, -0.1) is 13.2 Å². The van der Waals surface area contributed by atoms with E-state index in [2.05, 4.69) is 4.74 Å². The largest absolute Gasteiger partial charge is 0.573 e. The molecule has 232 valence electrons. The highest BCUT2D eigenvalue weighted by Crippen LogP contribution is 2.45. The average molecular weight is 617 g/mol. The number of ether oxygens (including phenoxy) is 3. The van der Waals surface area contributed by atoms with E-state index in [0.717, 1.165) is 28.7 Å². The maximum Gasteiger partial charge on any atom is 0.573 e. The number of nitrogens with zero attached hydrogens (tertiary/aromatic N) is 2. The maximum atomic E-state index is 12.8. The van der Waals surface area contributed by atoms with E-state index in [4.69, 9.17) is 19.4 Å². The van der Waals surface area contributed by atoms with Gasteiger partial charge in [0.05, 0.1) is 23.2 Å². The zero-order chi connectivity index (χ0) is 32.1. The molecule has 10 heteroatoms. The molecule has 5 aromatic rings. The third-order valence-electron chi connectivity index (χ3n) is 7.61. The van der Waals surface area contributed by atoms with Crippen molar-refractivity contribution in [3.63, 3.8) is 0 Å². The molecule has 0 aliphatic carbocycles. The first-order chi connectivity index (χ1) is 21.3. The van der Waals surface area contributed by atoms with Gasteiger partial charge in [-0.25, -0.2) is 4.79 Å². The number of alkyl halides is 3. The summed E-state index contributed by atoms with van der Waals surface area (Å²) < 4.78 is 54.6. The molecule has 0 spiro atoms. The molecule has 45 heavy (non-hydrogen) atoms. The number of aryl methyl sites for hydroxylation is 1. The van der Waals surface area contributed by atoms with E-state index in [-0.39, 0.29) is 12.2 Å². The van der Waals surface area contributed by atoms with Gasteiger partial charge in [0.2, 0.25) is 0 Å². The van der Waals surface area contributed by atoms with Crippen LogP contribution in [0.5, 0.6) is 11.5 Å². The van der Waals surface area contributed by atoms with E-state index in [1.807, 2.05) is 58.0 Å². The Hall–Kier alpha value is -4.70. The first kappa shape index (κ1) is 30.3. The molecule has 7 nitrogen and oxygen atoms in total. The SMILES string of the molecule is Cc1cc2nc(Cc3cccc(OC(F)(F)F)c3)ccc2c(-c2ccc3c4c(ccnc24)CCO3)c1[C@H](OC(C)(C)C)C(=O)O. The van der Waals surface area contributed by atoms with Gasteiger partial charge in [-0.1, -0.05) is 18.2 Å². The molecule has 1 aliphatic heterocycles. The number of pyridine rings is 2. The predicted octanol–water partition coefficient (Wildman–Crippen LogP) is 8.12. The van der Waals surface area contributed by atoms with Gasteiger partial charge >= 0.3 is 12.3 Å². The topological polar surface area (TPSA) is 90.8 Å². The molecule has 6 rings (SSSR count). The van der Waals surface area contributed by atoms with Crippen molar-refractivity contribution in [1.29, 1.82) is 0 Å². The number of carbonyl (C=O) groups is 1. The summed E-state index contributed by atoms with van der Waals surface area (Å²) in [5.74, 6) is -0.709. The fourth-order valence-corrected chi connectivity index (χ4v) is 5.94. The molecule has 2 aromatic heterocycles. The van der Waals surface area contributed by atoms with Crippen LogP contribution < -0.4 is 9.47 Å². The van der Waals surface area contributed by atoms with E-state index in [1.165, 1.54) is 18.2 Å². The molecule has 0 amide bonds. The monoisotopic (exact) mass is 616 g/mol. The van der Waals surface area contributed by atoms with Gasteiger partial charge in [-0.3, -0.25) is 9.97 Å². The lowest BCUT2D eigenvalue weighted by molar-refractivity contribution is -0.274. The molecule has 0 saturated carbocycles. The van der Waals surface area contributed by atoms with Crippen LogP contribution in [-0.4, -0.2) is 39.6 Å². The van der Waals surface area contributed by atoms with Crippen LogP contribution in [0.3, 0.4) is 0 Å². The number of carboxylic acid groups (broad SMARTS) is 1. The van der Waals surface area contributed by atoms with Crippen molar-refractivity contribution in [2.24, 2.45) is 0 Å². The van der Waals surface area contributed by atoms with Gasteiger partial charge in [0, 0.05) is 46.6 Å². The zero-order valence-electron chi connectivity index (χ0n) is 25.2. The quantitative estimate of drug-likeness (QED) is 0.197. The molecule has 3 heterocycles. The highest BCUT2D eigenvalue weighted by molar-refractivity contribution is 6.08. The van der Waals surface area contributed by atoms with Crippen molar-refractivity contribution in [1.82, 2.24) is 9.97 Å². The van der Waals surface area contributed by atoms with Gasteiger partial charge in [-0.2, -0.15) is 0 Å². The summed E-state index contributed by atoms with van der Waals surface area (Å²) in [7, 11) is 0. The van der Waals surface area contributed by atoms with Crippen molar-refractivity contribution < 1.29 is 37.3 Å². The van der Waals surface area contributed by atoms with Crippen molar-refractivity contribution in [2.75, 3.05) is 6.61 Å². The minimum absolute atomic E-state index is 0.256. The normalized spacial score (nSPS) is 13.9. The van der Waals surface area contributed by atoms with Gasteiger partial charge in [0.1, 0.15) is 11.5 Å². The lowest BCUT2D eigenvalue weighted by atomic mass is 9.86. The Kier molecular flexibility index (Phi) is 7.64. The molecule has 0 unspecified atom stereocenters. The maximum absolute atomic E-state index is 12.8. The van der Waals surface area contributed by atoms with Crippen molar-refractivity contribution in [3.05, 3.63) is 94.8 Å². The molecule has 1 aliphatic rings. The number of fused-ring (bicyclic) bond motifs is 1. The van der Waals surface area contributed by atoms with Crippen LogP contribution in [0.1, 0.15) is 54.8 Å². The fourth-order valence-electron chi connectivity index (χ4n) is 5.94. The van der Waals surface area contributed by atoms with Crippen LogP contribution in [-0.2, 0) is 22.4 Å². The number of aromatic nitrogens is 2. The smallest absolute Gasteiger partial charge is 0.493 e. The molecule has 0 saturated heterocycles. The number of carboxylic acids is 1. The average Bonchev–Trinajstić information content (AvgIpc) is 2.95. The van der Waals surface area contributed by atoms with Crippen LogP contribution in [0.4, 0.5) is 13.2 Å². The van der Waals surface area contributed by atoms with Crippen LogP contribution >= 0.6 is 0 Å². The number of hydrogen-bond acceptors (Lipinski definition) is 6.